The van der Waals surface area contributed by atoms with Crippen molar-refractivity contribution in [3.05, 3.63) is 0 Å². The van der Waals surface area contributed by atoms with Gasteiger partial charge in [-0.25, -0.2) is 4.79 Å². The van der Waals surface area contributed by atoms with Gasteiger partial charge in [0.1, 0.15) is 6.04 Å². The maximum absolute atomic E-state index is 11.9. The summed E-state index contributed by atoms with van der Waals surface area (Å²) >= 11 is 1.66. The Balaban J connectivity index is 2.55. The molecule has 1 aliphatic rings. The molecule has 1 heterocycles. The van der Waals surface area contributed by atoms with Crippen molar-refractivity contribution in [3.63, 3.8) is 0 Å². The van der Waals surface area contributed by atoms with Crippen LogP contribution < -0.4 is 10.6 Å². The number of nitrogens with one attached hydrogen (secondary N) is 2. The topological polar surface area (TPSA) is 78.4 Å². The van der Waals surface area contributed by atoms with E-state index < -0.39 is 12.0 Å². The molecule has 17 heavy (non-hydrogen) atoms. The van der Waals surface area contributed by atoms with E-state index in [4.69, 9.17) is 5.11 Å². The van der Waals surface area contributed by atoms with E-state index in [1.807, 2.05) is 20.8 Å². The van der Waals surface area contributed by atoms with Crippen LogP contribution in [-0.4, -0.2) is 40.2 Å². The van der Waals surface area contributed by atoms with Crippen LogP contribution in [0, 0.1) is 5.92 Å². The van der Waals surface area contributed by atoms with Crippen LogP contribution in [0.2, 0.25) is 0 Å². The van der Waals surface area contributed by atoms with Gasteiger partial charge < -0.3 is 10.4 Å². The molecule has 4 atom stereocenters. The SMILES string of the molecule is CCC(C)C(NC(=O)C1CSC(C)N1)C(=O)O. The average Bonchev–Trinajstić information content (AvgIpc) is 2.71. The van der Waals surface area contributed by atoms with Gasteiger partial charge >= 0.3 is 5.97 Å². The second kappa shape index (κ2) is 6.26. The number of hydrogen-bond acceptors (Lipinski definition) is 4. The molecule has 0 spiro atoms. The minimum atomic E-state index is -0.966. The molecule has 98 valence electrons. The van der Waals surface area contributed by atoms with E-state index in [0.29, 0.717) is 5.75 Å². The molecule has 0 aromatic carbocycles. The molecule has 0 aromatic heterocycles. The monoisotopic (exact) mass is 260 g/mol. The minimum absolute atomic E-state index is 0.0667. The second-order valence-corrected chi connectivity index (χ2v) is 5.78. The molecule has 3 N–H and O–H groups in total. The number of amides is 1. The molecule has 5 nitrogen and oxygen atoms in total. The van der Waals surface area contributed by atoms with Gasteiger partial charge in [-0.1, -0.05) is 20.3 Å². The van der Waals surface area contributed by atoms with E-state index in [2.05, 4.69) is 10.6 Å². The average molecular weight is 260 g/mol. The summed E-state index contributed by atoms with van der Waals surface area (Å²) in [6.07, 6.45) is 0.723. The van der Waals surface area contributed by atoms with Crippen molar-refractivity contribution in [2.45, 2.75) is 44.6 Å². The van der Waals surface area contributed by atoms with Gasteiger partial charge in [-0.2, -0.15) is 0 Å². The number of carbonyl (C=O) groups is 2. The van der Waals surface area contributed by atoms with Crippen molar-refractivity contribution >= 4 is 23.6 Å². The number of aliphatic carboxylic acids is 1. The highest BCUT2D eigenvalue weighted by Gasteiger charge is 2.31. The summed E-state index contributed by atoms with van der Waals surface area (Å²) in [6.45, 7) is 5.73. The fraction of sp³-hybridized carbons (Fsp3) is 0.818. The first kappa shape index (κ1) is 14.3. The molecule has 1 fully saturated rings. The molecule has 0 bridgehead atoms. The molecule has 6 heteroatoms. The van der Waals surface area contributed by atoms with Gasteiger partial charge in [-0.15, -0.1) is 11.8 Å². The van der Waals surface area contributed by atoms with Crippen molar-refractivity contribution in [2.75, 3.05) is 5.75 Å². The van der Waals surface area contributed by atoms with Crippen molar-refractivity contribution < 1.29 is 14.7 Å². The van der Waals surface area contributed by atoms with Crippen molar-refractivity contribution in [1.29, 1.82) is 0 Å². The Labute approximate surface area is 106 Å². The Morgan fingerprint density at radius 1 is 1.59 bits per heavy atom. The molecule has 0 aliphatic carbocycles. The highest BCUT2D eigenvalue weighted by Crippen LogP contribution is 2.18. The van der Waals surface area contributed by atoms with Crippen LogP contribution in [0.25, 0.3) is 0 Å². The minimum Gasteiger partial charge on any atom is -0.480 e. The number of hydrogen-bond donors (Lipinski definition) is 3. The molecular formula is C11H20N2O3S. The van der Waals surface area contributed by atoms with E-state index in [1.165, 1.54) is 0 Å². The maximum atomic E-state index is 11.9. The van der Waals surface area contributed by atoms with E-state index in [-0.39, 0.29) is 23.2 Å². The van der Waals surface area contributed by atoms with E-state index in [1.54, 1.807) is 11.8 Å². The zero-order chi connectivity index (χ0) is 13.0. The van der Waals surface area contributed by atoms with Crippen molar-refractivity contribution in [3.8, 4) is 0 Å². The third-order valence-corrected chi connectivity index (χ3v) is 4.20. The molecule has 0 aromatic rings. The standard InChI is InChI=1S/C11H20N2O3S/c1-4-6(2)9(11(15)16)13-10(14)8-5-17-7(3)12-8/h6-9,12H,4-5H2,1-3H3,(H,13,14)(H,15,16). The number of rotatable bonds is 5. The van der Waals surface area contributed by atoms with Gasteiger partial charge in [-0.3, -0.25) is 10.1 Å². The van der Waals surface area contributed by atoms with Gasteiger partial charge in [0, 0.05) is 5.75 Å². The molecule has 0 radical (unpaired) electrons. The van der Waals surface area contributed by atoms with E-state index in [0.717, 1.165) is 6.42 Å². The van der Waals surface area contributed by atoms with E-state index in [9.17, 15) is 9.59 Å². The molecule has 1 aliphatic heterocycles. The quantitative estimate of drug-likeness (QED) is 0.676. The Morgan fingerprint density at radius 2 is 2.24 bits per heavy atom. The van der Waals surface area contributed by atoms with Crippen LogP contribution in [0.1, 0.15) is 27.2 Å². The van der Waals surface area contributed by atoms with Crippen LogP contribution >= 0.6 is 11.8 Å². The van der Waals surface area contributed by atoms with Gasteiger partial charge in [0.25, 0.3) is 0 Å². The molecular weight excluding hydrogens is 240 g/mol. The molecule has 1 rings (SSSR count). The summed E-state index contributed by atoms with van der Waals surface area (Å²) in [5.74, 6) is -0.552. The lowest BCUT2D eigenvalue weighted by Gasteiger charge is -2.22. The van der Waals surface area contributed by atoms with Crippen LogP contribution in [0.15, 0.2) is 0 Å². The normalized spacial score (nSPS) is 27.5. The summed E-state index contributed by atoms with van der Waals surface area (Å²) in [5, 5.41) is 15.1. The Bertz CT molecular complexity index is 298. The first-order valence-electron chi connectivity index (χ1n) is 5.86. The summed E-state index contributed by atoms with van der Waals surface area (Å²) in [6, 6.07) is -1.07. The third-order valence-electron chi connectivity index (χ3n) is 3.04. The Morgan fingerprint density at radius 3 is 2.65 bits per heavy atom. The zero-order valence-corrected chi connectivity index (χ0v) is 11.2. The molecule has 0 saturated carbocycles. The third kappa shape index (κ3) is 3.89. The smallest absolute Gasteiger partial charge is 0.326 e. The highest BCUT2D eigenvalue weighted by molar-refractivity contribution is 8.00. The second-order valence-electron chi connectivity index (χ2n) is 4.40. The zero-order valence-electron chi connectivity index (χ0n) is 10.4. The lowest BCUT2D eigenvalue weighted by molar-refractivity contribution is -0.143. The van der Waals surface area contributed by atoms with Gasteiger partial charge in [0.15, 0.2) is 0 Å². The number of thioether (sulfide) groups is 1. The largest absolute Gasteiger partial charge is 0.480 e. The molecule has 1 amide bonds. The Kier molecular flexibility index (Phi) is 5.27. The van der Waals surface area contributed by atoms with Gasteiger partial charge in [-0.05, 0) is 12.8 Å². The molecule has 1 saturated heterocycles. The van der Waals surface area contributed by atoms with Gasteiger partial charge in [0.2, 0.25) is 5.91 Å². The number of carbonyl (C=O) groups excluding carboxylic acids is 1. The lowest BCUT2D eigenvalue weighted by atomic mass is 9.99. The maximum Gasteiger partial charge on any atom is 0.326 e. The summed E-state index contributed by atoms with van der Waals surface area (Å²) in [5.41, 5.74) is 0. The highest BCUT2D eigenvalue weighted by atomic mass is 32.2. The predicted octanol–water partition coefficient (Wildman–Crippen LogP) is 0.653. The molecule has 4 unspecified atom stereocenters. The van der Waals surface area contributed by atoms with Gasteiger partial charge in [0.05, 0.1) is 11.4 Å². The number of carboxylic acid groups (broad SMARTS) is 1. The fourth-order valence-electron chi connectivity index (χ4n) is 1.71. The first-order valence-corrected chi connectivity index (χ1v) is 6.91. The fourth-order valence-corrected chi connectivity index (χ4v) is 2.70. The number of carboxylic acids is 1. The lowest BCUT2D eigenvalue weighted by Crippen LogP contribution is -2.52. The van der Waals surface area contributed by atoms with Crippen LogP contribution in [0.5, 0.6) is 0 Å². The van der Waals surface area contributed by atoms with Crippen LogP contribution in [0.4, 0.5) is 0 Å². The summed E-state index contributed by atoms with van der Waals surface area (Å²) < 4.78 is 0. The summed E-state index contributed by atoms with van der Waals surface area (Å²) in [7, 11) is 0. The Hall–Kier alpha value is -0.750. The van der Waals surface area contributed by atoms with Crippen LogP contribution in [-0.2, 0) is 9.59 Å². The summed E-state index contributed by atoms with van der Waals surface area (Å²) in [4.78, 5) is 23.0. The predicted molar refractivity (Wildman–Crippen MR) is 67.9 cm³/mol. The van der Waals surface area contributed by atoms with Crippen LogP contribution in [0.3, 0.4) is 0 Å². The van der Waals surface area contributed by atoms with E-state index >= 15 is 0 Å². The first-order chi connectivity index (χ1) is 7.95. The van der Waals surface area contributed by atoms with Crippen molar-refractivity contribution in [2.24, 2.45) is 5.92 Å². The van der Waals surface area contributed by atoms with Crippen molar-refractivity contribution in [1.82, 2.24) is 10.6 Å².